The molecule has 0 unspecified atom stereocenters. The van der Waals surface area contributed by atoms with Gasteiger partial charge in [0.25, 0.3) is 0 Å². The second-order valence-corrected chi connectivity index (χ2v) is 19.8. The molecule has 6 rings (SSSR count). The van der Waals surface area contributed by atoms with E-state index in [-0.39, 0.29) is 30.9 Å². The molecule has 0 bridgehead atoms. The van der Waals surface area contributed by atoms with Gasteiger partial charge in [0, 0.05) is 46.0 Å². The summed E-state index contributed by atoms with van der Waals surface area (Å²) in [6.45, 7) is 22.7. The molecule has 45 heavy (non-hydrogen) atoms. The fourth-order valence-corrected chi connectivity index (χ4v) is 6.87. The molecule has 6 aromatic rings. The summed E-state index contributed by atoms with van der Waals surface area (Å²) in [5, 5.41) is 3.82. The van der Waals surface area contributed by atoms with Crippen LogP contribution in [0.2, 0.25) is 19.6 Å². The molecule has 0 aliphatic heterocycles. The van der Waals surface area contributed by atoms with E-state index >= 15 is 0 Å². The first-order valence-corrected chi connectivity index (χ1v) is 18.9. The zero-order chi connectivity index (χ0) is 31.9. The van der Waals surface area contributed by atoms with Gasteiger partial charge in [-0.15, -0.1) is 53.2 Å². The van der Waals surface area contributed by atoms with Crippen LogP contribution in [0.25, 0.3) is 44.5 Å². The number of pyridine rings is 2. The third-order valence-electron chi connectivity index (χ3n) is 7.96. The number of hydrogen-bond acceptors (Lipinski definition) is 3. The summed E-state index contributed by atoms with van der Waals surface area (Å²) < 4.78 is 6.49. The van der Waals surface area contributed by atoms with Crippen molar-refractivity contribution in [2.45, 2.75) is 78.9 Å². The van der Waals surface area contributed by atoms with Crippen molar-refractivity contribution in [2.75, 3.05) is 0 Å². The number of fused-ring (bicyclic) bond motifs is 3. The number of aryl methyl sites for hydroxylation is 1. The Hall–Kier alpha value is -3.37. The van der Waals surface area contributed by atoms with E-state index in [0.29, 0.717) is 0 Å². The van der Waals surface area contributed by atoms with Crippen LogP contribution in [0.5, 0.6) is 0 Å². The smallest absolute Gasteiger partial charge is 0.120 e. The SMILES string of the molecule is CC(C)(C)c1cnc(-c2[c-]cc([Si](C)(C)C)c3c2oc2ccccc23)c(C(C)(C)C)c1.Cc1ccc(-c2[c-]cccc2)nc1.[Ir]. The topological polar surface area (TPSA) is 38.9 Å². The molecule has 1 radical (unpaired) electrons. The van der Waals surface area contributed by atoms with Gasteiger partial charge in [-0.1, -0.05) is 114 Å². The minimum Gasteiger partial charge on any atom is -0.501 e. The van der Waals surface area contributed by atoms with Crippen LogP contribution < -0.4 is 5.19 Å². The Morgan fingerprint density at radius 3 is 2.09 bits per heavy atom. The number of hydrogen-bond donors (Lipinski definition) is 0. The Balaban J connectivity index is 0.000000275. The molecule has 3 heterocycles. The summed E-state index contributed by atoms with van der Waals surface area (Å²) >= 11 is 0. The monoisotopic (exact) mass is 789 g/mol. The van der Waals surface area contributed by atoms with Crippen molar-refractivity contribution in [3.63, 3.8) is 0 Å². The largest absolute Gasteiger partial charge is 0.501 e. The van der Waals surface area contributed by atoms with Crippen LogP contribution in [0.3, 0.4) is 0 Å². The zero-order valence-corrected chi connectivity index (χ0v) is 31.6. The van der Waals surface area contributed by atoms with Gasteiger partial charge in [-0.05, 0) is 46.3 Å². The van der Waals surface area contributed by atoms with Gasteiger partial charge < -0.3 is 14.4 Å². The summed E-state index contributed by atoms with van der Waals surface area (Å²) in [5.74, 6) is 0. The van der Waals surface area contributed by atoms with Gasteiger partial charge in [0.15, 0.2) is 0 Å². The molecule has 0 spiro atoms. The molecule has 0 saturated heterocycles. The van der Waals surface area contributed by atoms with Gasteiger partial charge in [-0.2, -0.15) is 0 Å². The van der Waals surface area contributed by atoms with E-state index in [1.54, 1.807) is 0 Å². The third kappa shape index (κ3) is 7.55. The number of para-hydroxylation sites is 1. The Kier molecular flexibility index (Phi) is 10.1. The molecule has 0 amide bonds. The van der Waals surface area contributed by atoms with E-state index < -0.39 is 8.07 Å². The molecule has 3 aromatic heterocycles. The van der Waals surface area contributed by atoms with Crippen molar-refractivity contribution in [1.82, 2.24) is 9.97 Å². The molecule has 0 saturated carbocycles. The van der Waals surface area contributed by atoms with E-state index in [4.69, 9.17) is 9.40 Å². The molecule has 0 atom stereocenters. The van der Waals surface area contributed by atoms with Crippen LogP contribution in [0, 0.1) is 19.1 Å². The average Bonchev–Trinajstić information content (AvgIpc) is 3.36. The normalized spacial score (nSPS) is 12.0. The number of furan rings is 1. The van der Waals surface area contributed by atoms with Crippen LogP contribution in [-0.4, -0.2) is 18.0 Å². The average molecular weight is 789 g/mol. The van der Waals surface area contributed by atoms with Crippen molar-refractivity contribution in [3.05, 3.63) is 114 Å². The molecular weight excluding hydrogens is 745 g/mol. The second kappa shape index (κ2) is 13.2. The number of nitrogens with zero attached hydrogens (tertiary/aromatic N) is 2. The Morgan fingerprint density at radius 1 is 0.778 bits per heavy atom. The fourth-order valence-electron chi connectivity index (χ4n) is 5.36. The van der Waals surface area contributed by atoms with E-state index in [1.165, 1.54) is 32.6 Å². The van der Waals surface area contributed by atoms with Crippen molar-refractivity contribution < 1.29 is 24.5 Å². The van der Waals surface area contributed by atoms with Gasteiger partial charge in [0.1, 0.15) is 5.58 Å². The molecule has 0 aliphatic rings. The standard InChI is InChI=1S/C28H34NOSi.C12H10N.Ir/c1-27(2,3)18-16-21(28(4,5)6)25(29-17-18)20-14-15-23(31(7,8)9)24-19-12-10-11-13-22(19)30-26(20)24;1-10-7-8-12(13-9-10)11-5-3-2-4-6-11;/h10-13,15-17H,1-9H3;2-5,7-9H,1H3;/q2*-1;. The second-order valence-electron chi connectivity index (χ2n) is 14.7. The predicted octanol–water partition coefficient (Wildman–Crippen LogP) is 10.4. The summed E-state index contributed by atoms with van der Waals surface area (Å²) in [6.07, 6.45) is 3.90. The first-order valence-electron chi connectivity index (χ1n) is 15.4. The van der Waals surface area contributed by atoms with Gasteiger partial charge >= 0.3 is 0 Å². The molecule has 3 aromatic carbocycles. The molecule has 235 valence electrons. The quantitative estimate of drug-likeness (QED) is 0.132. The van der Waals surface area contributed by atoms with Crippen LogP contribution in [0.15, 0.2) is 89.6 Å². The van der Waals surface area contributed by atoms with Crippen molar-refractivity contribution in [3.8, 4) is 22.5 Å². The summed E-state index contributed by atoms with van der Waals surface area (Å²) in [7, 11) is -1.60. The van der Waals surface area contributed by atoms with Gasteiger partial charge in [0.05, 0.1) is 5.58 Å². The fraction of sp³-hybridized carbons (Fsp3) is 0.300. The minimum atomic E-state index is -1.60. The maximum absolute atomic E-state index is 6.49. The van der Waals surface area contributed by atoms with E-state index in [0.717, 1.165) is 33.7 Å². The summed E-state index contributed by atoms with van der Waals surface area (Å²) in [4.78, 5) is 9.33. The van der Waals surface area contributed by atoms with E-state index in [1.807, 2.05) is 55.7 Å². The van der Waals surface area contributed by atoms with Crippen LogP contribution in [-0.2, 0) is 30.9 Å². The molecular formula is C40H44IrN2OSi-2. The maximum Gasteiger partial charge on any atom is 0.120 e. The van der Waals surface area contributed by atoms with Crippen LogP contribution in [0.4, 0.5) is 0 Å². The number of rotatable bonds is 3. The molecule has 0 N–H and O–H groups in total. The number of benzene rings is 3. The van der Waals surface area contributed by atoms with E-state index in [2.05, 4.69) is 115 Å². The maximum atomic E-state index is 6.49. The Bertz CT molecular complexity index is 1910. The van der Waals surface area contributed by atoms with Crippen molar-refractivity contribution in [1.29, 1.82) is 0 Å². The first kappa shape index (κ1) is 34.5. The van der Waals surface area contributed by atoms with Gasteiger partial charge in [-0.25, -0.2) is 0 Å². The Morgan fingerprint density at radius 2 is 1.49 bits per heavy atom. The predicted molar refractivity (Wildman–Crippen MR) is 189 cm³/mol. The third-order valence-corrected chi connectivity index (χ3v) is 9.97. The summed E-state index contributed by atoms with van der Waals surface area (Å²) in [6, 6.07) is 31.6. The first-order chi connectivity index (χ1) is 20.6. The number of aromatic nitrogens is 2. The Labute approximate surface area is 283 Å². The van der Waals surface area contributed by atoms with Crippen LogP contribution in [0.1, 0.15) is 58.2 Å². The van der Waals surface area contributed by atoms with Crippen molar-refractivity contribution in [2.24, 2.45) is 0 Å². The van der Waals surface area contributed by atoms with Crippen molar-refractivity contribution >= 4 is 35.2 Å². The van der Waals surface area contributed by atoms with E-state index in [9.17, 15) is 0 Å². The van der Waals surface area contributed by atoms with Gasteiger partial charge in [0.2, 0.25) is 0 Å². The van der Waals surface area contributed by atoms with Gasteiger partial charge in [-0.3, -0.25) is 0 Å². The minimum absolute atomic E-state index is 0. The zero-order valence-electron chi connectivity index (χ0n) is 28.2. The van der Waals surface area contributed by atoms with Crippen LogP contribution >= 0.6 is 0 Å². The summed E-state index contributed by atoms with van der Waals surface area (Å²) in [5.41, 5.74) is 9.49. The molecule has 3 nitrogen and oxygen atoms in total. The molecule has 5 heteroatoms. The molecule has 0 fully saturated rings. The molecule has 0 aliphatic carbocycles.